The molecule has 0 unspecified atom stereocenters. The Labute approximate surface area is 236 Å². The largest absolute Gasteiger partial charge is 0.493 e. The molecule has 0 aliphatic heterocycles. The van der Waals surface area contributed by atoms with Gasteiger partial charge < -0.3 is 29.1 Å². The summed E-state index contributed by atoms with van der Waals surface area (Å²) in [4.78, 5) is 40.8. The molecule has 1 N–H and O–H groups in total. The number of pyridine rings is 1. The lowest BCUT2D eigenvalue weighted by atomic mass is 9.78. The lowest BCUT2D eigenvalue weighted by Gasteiger charge is -2.34. The van der Waals surface area contributed by atoms with E-state index in [0.29, 0.717) is 12.2 Å². The van der Waals surface area contributed by atoms with Gasteiger partial charge in [0.1, 0.15) is 11.8 Å². The van der Waals surface area contributed by atoms with E-state index in [9.17, 15) is 14.4 Å². The summed E-state index contributed by atoms with van der Waals surface area (Å²) < 4.78 is 22.0. The number of benzene rings is 1. The summed E-state index contributed by atoms with van der Waals surface area (Å²) in [5, 5.41) is 2.74. The number of esters is 1. The molecule has 1 amide bonds. The van der Waals surface area contributed by atoms with E-state index in [1.165, 1.54) is 51.1 Å². The highest BCUT2D eigenvalue weighted by atomic mass is 16.7. The highest BCUT2D eigenvalue weighted by Crippen LogP contribution is 2.40. The normalized spacial score (nSPS) is 16.6. The molecule has 4 atom stereocenters. The van der Waals surface area contributed by atoms with Crippen molar-refractivity contribution in [2.45, 2.75) is 71.4 Å². The molecule has 1 aliphatic carbocycles. The van der Waals surface area contributed by atoms with Crippen LogP contribution in [0.1, 0.15) is 69.4 Å². The predicted octanol–water partition coefficient (Wildman–Crippen LogP) is 4.77. The van der Waals surface area contributed by atoms with Gasteiger partial charge in [-0.2, -0.15) is 0 Å². The van der Waals surface area contributed by atoms with E-state index in [0.717, 1.165) is 18.8 Å². The second-order valence-corrected chi connectivity index (χ2v) is 10.8. The first-order valence-electron chi connectivity index (χ1n) is 13.9. The molecule has 3 rings (SSSR count). The van der Waals surface area contributed by atoms with Crippen LogP contribution in [0.5, 0.6) is 11.5 Å². The minimum Gasteiger partial charge on any atom is -0.493 e. The third-order valence-corrected chi connectivity index (χ3v) is 7.45. The van der Waals surface area contributed by atoms with E-state index in [1.54, 1.807) is 6.92 Å². The summed E-state index contributed by atoms with van der Waals surface area (Å²) in [5.74, 6) is 0.599. The predicted molar refractivity (Wildman–Crippen MR) is 150 cm³/mol. The molecule has 40 heavy (non-hydrogen) atoms. The summed E-state index contributed by atoms with van der Waals surface area (Å²) in [6.45, 7) is 6.70. The molecule has 9 nitrogen and oxygen atoms in total. The van der Waals surface area contributed by atoms with Crippen LogP contribution in [0.2, 0.25) is 0 Å². The standard InChI is InChI=1S/C31H42N2O7/c1-6-25(16-24-12-13-24)26(17-23-10-8-7-9-11-23)21(2)38-19-31(4,18-34)33-30(36)28-29(40-20-39-22(3)35)27(37-5)14-15-32-28/h7-11,14-15,18,21,24-26H,6,12-13,16-17,19-20H2,1-5H3,(H,33,36)/t21-,25+,26-,31-/m0/s1. The van der Waals surface area contributed by atoms with Gasteiger partial charge >= 0.3 is 5.97 Å². The van der Waals surface area contributed by atoms with Crippen molar-refractivity contribution in [3.8, 4) is 11.5 Å². The third-order valence-electron chi connectivity index (χ3n) is 7.45. The summed E-state index contributed by atoms with van der Waals surface area (Å²) in [5.41, 5.74) is -0.169. The highest BCUT2D eigenvalue weighted by molar-refractivity contribution is 5.97. The molecule has 0 spiro atoms. The summed E-state index contributed by atoms with van der Waals surface area (Å²) in [6, 6.07) is 11.9. The second kappa shape index (κ2) is 14.8. The number of rotatable bonds is 17. The average Bonchev–Trinajstić information content (AvgIpc) is 3.78. The zero-order valence-electron chi connectivity index (χ0n) is 24.2. The fraction of sp³-hybridized carbons (Fsp3) is 0.548. The van der Waals surface area contributed by atoms with Gasteiger partial charge in [-0.3, -0.25) is 9.59 Å². The van der Waals surface area contributed by atoms with E-state index >= 15 is 0 Å². The van der Waals surface area contributed by atoms with Crippen LogP contribution in [0.3, 0.4) is 0 Å². The van der Waals surface area contributed by atoms with Crippen LogP contribution in [0, 0.1) is 17.8 Å². The van der Waals surface area contributed by atoms with Crippen molar-refractivity contribution in [1.82, 2.24) is 10.3 Å². The van der Waals surface area contributed by atoms with Gasteiger partial charge in [0, 0.05) is 19.2 Å². The SMILES string of the molecule is CC[C@H](CC1CC1)[C@@H](Cc1ccccc1)[C@H](C)OC[C@](C)(C=O)NC(=O)c1nccc(OC)c1OCOC(C)=O. The number of carbonyl (C=O) groups excluding carboxylic acids is 3. The van der Waals surface area contributed by atoms with Gasteiger partial charge in [0.15, 0.2) is 17.2 Å². The molecular formula is C31H42N2O7. The van der Waals surface area contributed by atoms with Gasteiger partial charge in [0.25, 0.3) is 5.91 Å². The van der Waals surface area contributed by atoms with E-state index in [-0.39, 0.29) is 35.8 Å². The topological polar surface area (TPSA) is 113 Å². The maximum absolute atomic E-state index is 13.3. The van der Waals surface area contributed by atoms with Crippen LogP contribution in [0.4, 0.5) is 0 Å². The monoisotopic (exact) mass is 554 g/mol. The Morgan fingerprint density at radius 3 is 2.52 bits per heavy atom. The Morgan fingerprint density at radius 2 is 1.93 bits per heavy atom. The maximum Gasteiger partial charge on any atom is 0.305 e. The van der Waals surface area contributed by atoms with Gasteiger partial charge in [0.05, 0.1) is 19.8 Å². The Bertz CT molecular complexity index is 1120. The zero-order chi connectivity index (χ0) is 29.1. The van der Waals surface area contributed by atoms with Gasteiger partial charge in [-0.1, -0.05) is 56.5 Å². The Balaban J connectivity index is 1.72. The highest BCUT2D eigenvalue weighted by Gasteiger charge is 2.35. The third kappa shape index (κ3) is 9.05. The molecule has 1 fully saturated rings. The van der Waals surface area contributed by atoms with Gasteiger partial charge in [0.2, 0.25) is 6.79 Å². The summed E-state index contributed by atoms with van der Waals surface area (Å²) in [6.07, 6.45) is 7.63. The summed E-state index contributed by atoms with van der Waals surface area (Å²) in [7, 11) is 1.42. The first-order chi connectivity index (χ1) is 19.2. The van der Waals surface area contributed by atoms with E-state index in [4.69, 9.17) is 18.9 Å². The van der Waals surface area contributed by atoms with Gasteiger partial charge in [-0.25, -0.2) is 4.98 Å². The number of amides is 1. The van der Waals surface area contributed by atoms with Crippen LogP contribution >= 0.6 is 0 Å². The molecular weight excluding hydrogens is 512 g/mol. The molecule has 0 bridgehead atoms. The molecule has 1 aliphatic rings. The fourth-order valence-electron chi connectivity index (χ4n) is 4.94. The van der Waals surface area contributed by atoms with Crippen molar-refractivity contribution in [1.29, 1.82) is 0 Å². The number of methoxy groups -OCH3 is 1. The van der Waals surface area contributed by atoms with Crippen LogP contribution in [-0.4, -0.2) is 55.3 Å². The van der Waals surface area contributed by atoms with E-state index in [2.05, 4.69) is 48.4 Å². The number of hydrogen-bond acceptors (Lipinski definition) is 8. The molecule has 218 valence electrons. The number of aldehydes is 1. The van der Waals surface area contributed by atoms with Crippen molar-refractivity contribution in [3.05, 3.63) is 53.9 Å². The molecule has 0 radical (unpaired) electrons. The summed E-state index contributed by atoms with van der Waals surface area (Å²) >= 11 is 0. The molecule has 1 aromatic carbocycles. The first kappa shape index (κ1) is 31.1. The minimum atomic E-state index is -1.32. The van der Waals surface area contributed by atoms with Crippen molar-refractivity contribution in [2.24, 2.45) is 17.8 Å². The Hall–Kier alpha value is -3.46. The van der Waals surface area contributed by atoms with Crippen molar-refractivity contribution in [3.63, 3.8) is 0 Å². The van der Waals surface area contributed by atoms with Crippen molar-refractivity contribution in [2.75, 3.05) is 20.5 Å². The quantitative estimate of drug-likeness (QED) is 0.169. The number of carbonyl (C=O) groups is 3. The van der Waals surface area contributed by atoms with Crippen LogP contribution < -0.4 is 14.8 Å². The van der Waals surface area contributed by atoms with Gasteiger partial charge in [-0.05, 0) is 50.0 Å². The van der Waals surface area contributed by atoms with E-state index < -0.39 is 24.2 Å². The Morgan fingerprint density at radius 1 is 1.20 bits per heavy atom. The molecule has 0 saturated heterocycles. The smallest absolute Gasteiger partial charge is 0.305 e. The van der Waals surface area contributed by atoms with Gasteiger partial charge in [-0.15, -0.1) is 0 Å². The maximum atomic E-state index is 13.3. The van der Waals surface area contributed by atoms with Crippen LogP contribution in [0.15, 0.2) is 42.6 Å². The number of ether oxygens (including phenoxy) is 4. The van der Waals surface area contributed by atoms with Crippen LogP contribution in [-0.2, 0) is 25.5 Å². The lowest BCUT2D eigenvalue weighted by Crippen LogP contribution is -2.52. The number of nitrogens with one attached hydrogen (secondary N) is 1. The number of nitrogens with zero attached hydrogens (tertiary/aromatic N) is 1. The van der Waals surface area contributed by atoms with Crippen molar-refractivity contribution >= 4 is 18.2 Å². The average molecular weight is 555 g/mol. The molecule has 9 heteroatoms. The number of aromatic nitrogens is 1. The molecule has 1 aromatic heterocycles. The zero-order valence-corrected chi connectivity index (χ0v) is 24.2. The Kier molecular flexibility index (Phi) is 11.5. The molecule has 2 aromatic rings. The molecule has 1 heterocycles. The fourth-order valence-corrected chi connectivity index (χ4v) is 4.94. The minimum absolute atomic E-state index is 0.0000686. The first-order valence-corrected chi connectivity index (χ1v) is 13.9. The second-order valence-electron chi connectivity index (χ2n) is 10.8. The number of hydrogen-bond donors (Lipinski definition) is 1. The van der Waals surface area contributed by atoms with Crippen molar-refractivity contribution < 1.29 is 33.3 Å². The van der Waals surface area contributed by atoms with Crippen LogP contribution in [0.25, 0.3) is 0 Å². The molecule has 1 saturated carbocycles. The lowest BCUT2D eigenvalue weighted by molar-refractivity contribution is -0.147. The van der Waals surface area contributed by atoms with E-state index in [1.807, 2.05) is 6.07 Å².